The number of hydrogen-bond donors (Lipinski definition) is 2. The summed E-state index contributed by atoms with van der Waals surface area (Å²) in [6, 6.07) is 17.3. The van der Waals surface area contributed by atoms with E-state index in [0.717, 1.165) is 5.56 Å². The van der Waals surface area contributed by atoms with E-state index in [1.807, 2.05) is 30.3 Å². The van der Waals surface area contributed by atoms with Gasteiger partial charge in [0.05, 0.1) is 30.5 Å². The number of benzene rings is 2. The lowest BCUT2D eigenvalue weighted by Crippen LogP contribution is -2.61. The normalized spacial score (nSPS) is 17.2. The van der Waals surface area contributed by atoms with Crippen molar-refractivity contribution < 1.29 is 37.3 Å². The highest BCUT2D eigenvalue weighted by atomic mass is 19.3. The molecule has 13 heteroatoms. The predicted molar refractivity (Wildman–Crippen MR) is 138 cm³/mol. The molecule has 0 aliphatic carbocycles. The van der Waals surface area contributed by atoms with Gasteiger partial charge in [0.1, 0.15) is 0 Å². The lowest BCUT2D eigenvalue weighted by Gasteiger charge is -2.33. The Hall–Kier alpha value is -4.88. The zero-order chi connectivity index (χ0) is 28.6. The minimum Gasteiger partial charge on any atom is -0.395 e. The molecular formula is C28H23F2N5O6. The van der Waals surface area contributed by atoms with Crippen molar-refractivity contribution in [3.8, 4) is 28.6 Å². The molecule has 0 radical (unpaired) electrons. The monoisotopic (exact) mass is 563 g/mol. The maximum atomic E-state index is 13.7. The van der Waals surface area contributed by atoms with E-state index in [-0.39, 0.29) is 42.5 Å². The molecule has 2 aliphatic rings. The lowest BCUT2D eigenvalue weighted by atomic mass is 9.97. The van der Waals surface area contributed by atoms with Gasteiger partial charge in [-0.15, -0.1) is 8.78 Å². The van der Waals surface area contributed by atoms with Crippen LogP contribution in [-0.2, 0) is 20.7 Å². The summed E-state index contributed by atoms with van der Waals surface area (Å²) in [5.74, 6) is -3.32. The molecule has 0 saturated carbocycles. The van der Waals surface area contributed by atoms with E-state index in [2.05, 4.69) is 24.9 Å². The maximum absolute atomic E-state index is 13.7. The van der Waals surface area contributed by atoms with Crippen LogP contribution in [0.5, 0.6) is 11.5 Å². The van der Waals surface area contributed by atoms with Gasteiger partial charge in [-0.05, 0) is 48.4 Å². The van der Waals surface area contributed by atoms with Gasteiger partial charge in [0, 0.05) is 18.0 Å². The zero-order valence-corrected chi connectivity index (χ0v) is 21.3. The molecule has 210 valence electrons. The minimum atomic E-state index is -3.74. The Labute approximate surface area is 231 Å². The fourth-order valence-electron chi connectivity index (χ4n) is 4.77. The fourth-order valence-corrected chi connectivity index (χ4v) is 4.77. The zero-order valence-electron chi connectivity index (χ0n) is 21.3. The first-order chi connectivity index (χ1) is 19.7. The van der Waals surface area contributed by atoms with Crippen molar-refractivity contribution in [2.24, 2.45) is 5.73 Å². The van der Waals surface area contributed by atoms with Gasteiger partial charge in [0.2, 0.25) is 0 Å². The summed E-state index contributed by atoms with van der Waals surface area (Å²) in [4.78, 5) is 30.5. The maximum Gasteiger partial charge on any atom is 0.586 e. The number of rotatable bonds is 8. The molecular weight excluding hydrogens is 540 g/mol. The average Bonchev–Trinajstić information content (AvgIpc) is 3.71. The first-order valence-corrected chi connectivity index (χ1v) is 12.6. The van der Waals surface area contributed by atoms with Crippen molar-refractivity contribution in [2.75, 3.05) is 13.2 Å². The predicted octanol–water partition coefficient (Wildman–Crippen LogP) is 2.83. The topological polar surface area (TPSA) is 140 Å². The Kier molecular flexibility index (Phi) is 6.59. The van der Waals surface area contributed by atoms with Crippen molar-refractivity contribution in [1.29, 1.82) is 0 Å². The van der Waals surface area contributed by atoms with Crippen molar-refractivity contribution in [2.45, 2.75) is 24.5 Å². The summed E-state index contributed by atoms with van der Waals surface area (Å²) in [5, 5.41) is 7.35. The van der Waals surface area contributed by atoms with Crippen LogP contribution in [0.2, 0.25) is 0 Å². The number of aromatic nitrogens is 3. The van der Waals surface area contributed by atoms with Crippen LogP contribution in [0.1, 0.15) is 15.9 Å². The smallest absolute Gasteiger partial charge is 0.395 e. The number of alkyl halides is 2. The molecule has 6 rings (SSSR count). The van der Waals surface area contributed by atoms with Gasteiger partial charge in [-0.25, -0.2) is 9.67 Å². The third kappa shape index (κ3) is 5.08. The van der Waals surface area contributed by atoms with Gasteiger partial charge >= 0.3 is 6.29 Å². The van der Waals surface area contributed by atoms with Crippen LogP contribution in [0, 0.1) is 0 Å². The van der Waals surface area contributed by atoms with Gasteiger partial charge in [-0.3, -0.25) is 9.59 Å². The molecule has 3 N–H and O–H groups in total. The largest absolute Gasteiger partial charge is 0.586 e. The van der Waals surface area contributed by atoms with Crippen LogP contribution in [0.15, 0.2) is 79.1 Å². The van der Waals surface area contributed by atoms with Crippen molar-refractivity contribution in [1.82, 2.24) is 20.1 Å². The summed E-state index contributed by atoms with van der Waals surface area (Å²) >= 11 is 0. The number of nitrogens with two attached hydrogens (primary N) is 1. The molecule has 1 atom stereocenters. The van der Waals surface area contributed by atoms with Crippen molar-refractivity contribution in [3.05, 3.63) is 90.3 Å². The number of carbonyl (C=O) groups excluding carboxylic acids is 2. The SMILES string of the molecule is NC(=O)C1(C(Cc2ccccc2)NC(=O)c2cccnc2-n2ccc(-c3ccc4c(c3)OC(F)(F)O4)n2)OCCO1. The number of halogens is 2. The average molecular weight is 564 g/mol. The number of hydrogen-bond acceptors (Lipinski definition) is 8. The second-order valence-electron chi connectivity index (χ2n) is 9.29. The van der Waals surface area contributed by atoms with Gasteiger partial charge in [0.25, 0.3) is 17.6 Å². The summed E-state index contributed by atoms with van der Waals surface area (Å²) < 4.78 is 48.6. The quantitative estimate of drug-likeness (QED) is 0.334. The van der Waals surface area contributed by atoms with Crippen LogP contribution in [0.25, 0.3) is 17.1 Å². The molecule has 11 nitrogen and oxygen atoms in total. The van der Waals surface area contributed by atoms with E-state index >= 15 is 0 Å². The highest BCUT2D eigenvalue weighted by Gasteiger charge is 2.51. The molecule has 2 aromatic carbocycles. The fraction of sp³-hybridized carbons (Fsp3) is 0.214. The Morgan fingerprint density at radius 2 is 1.76 bits per heavy atom. The molecule has 1 unspecified atom stereocenters. The lowest BCUT2D eigenvalue weighted by molar-refractivity contribution is -0.286. The Bertz CT molecular complexity index is 1610. The van der Waals surface area contributed by atoms with Gasteiger partial charge < -0.3 is 30.0 Å². The molecule has 2 aliphatic heterocycles. The Balaban J connectivity index is 1.29. The standard InChI is InChI=1S/C28H23F2N5O6/c29-28(30)40-21-9-8-18(16-22(21)41-28)20-10-12-35(34-20)24-19(7-4-11-32-24)25(36)33-23(15-17-5-2-1-3-6-17)27(26(31)37)38-13-14-39-27/h1-12,16,23H,13-15H2,(H2,31,37)(H,33,36). The number of pyridine rings is 1. The molecule has 41 heavy (non-hydrogen) atoms. The second kappa shape index (κ2) is 10.3. The highest BCUT2D eigenvalue weighted by molar-refractivity contribution is 5.98. The van der Waals surface area contributed by atoms with E-state index in [1.165, 1.54) is 23.0 Å². The summed E-state index contributed by atoms with van der Waals surface area (Å²) in [6.45, 7) is 0.269. The van der Waals surface area contributed by atoms with Crippen LogP contribution in [0.4, 0.5) is 8.78 Å². The summed E-state index contributed by atoms with van der Waals surface area (Å²) in [6.07, 6.45) is -0.481. The van der Waals surface area contributed by atoms with E-state index < -0.39 is 29.9 Å². The number of primary amides is 1. The Morgan fingerprint density at radius 3 is 2.51 bits per heavy atom. The molecule has 0 bridgehead atoms. The van der Waals surface area contributed by atoms with Crippen LogP contribution in [-0.4, -0.2) is 57.9 Å². The Morgan fingerprint density at radius 1 is 1.00 bits per heavy atom. The molecule has 1 fully saturated rings. The molecule has 2 aromatic heterocycles. The number of ether oxygens (including phenoxy) is 4. The molecule has 1 saturated heterocycles. The van der Waals surface area contributed by atoms with Crippen LogP contribution in [0.3, 0.4) is 0 Å². The molecule has 0 spiro atoms. The summed E-state index contributed by atoms with van der Waals surface area (Å²) in [5.41, 5.74) is 7.56. The highest BCUT2D eigenvalue weighted by Crippen LogP contribution is 2.42. The van der Waals surface area contributed by atoms with E-state index in [4.69, 9.17) is 15.2 Å². The first-order valence-electron chi connectivity index (χ1n) is 12.6. The van der Waals surface area contributed by atoms with Crippen molar-refractivity contribution in [3.63, 3.8) is 0 Å². The van der Waals surface area contributed by atoms with Gasteiger partial charge in [-0.2, -0.15) is 5.10 Å². The third-order valence-corrected chi connectivity index (χ3v) is 6.64. The number of nitrogens with zero attached hydrogens (tertiary/aromatic N) is 3. The van der Waals surface area contributed by atoms with Crippen LogP contribution < -0.4 is 20.5 Å². The minimum absolute atomic E-state index is 0.0872. The second-order valence-corrected chi connectivity index (χ2v) is 9.29. The first kappa shape index (κ1) is 26.3. The molecule has 2 amide bonds. The molecule has 4 heterocycles. The van der Waals surface area contributed by atoms with Gasteiger partial charge in [-0.1, -0.05) is 30.3 Å². The summed E-state index contributed by atoms with van der Waals surface area (Å²) in [7, 11) is 0. The number of fused-ring (bicyclic) bond motifs is 1. The van der Waals surface area contributed by atoms with Crippen LogP contribution >= 0.6 is 0 Å². The number of carbonyl (C=O) groups is 2. The van der Waals surface area contributed by atoms with Crippen molar-refractivity contribution >= 4 is 11.8 Å². The van der Waals surface area contributed by atoms with Gasteiger partial charge in [0.15, 0.2) is 17.3 Å². The number of nitrogens with one attached hydrogen (secondary N) is 1. The van der Waals surface area contributed by atoms with E-state index in [9.17, 15) is 18.4 Å². The number of amides is 2. The third-order valence-electron chi connectivity index (χ3n) is 6.64. The van der Waals surface area contributed by atoms with E-state index in [1.54, 1.807) is 30.5 Å². The van der Waals surface area contributed by atoms with E-state index in [0.29, 0.717) is 11.3 Å². The molecule has 4 aromatic rings.